The van der Waals surface area contributed by atoms with Gasteiger partial charge >= 0.3 is 0 Å². The number of hydrogen-bond acceptors (Lipinski definition) is 1. The third kappa shape index (κ3) is 3.98. The van der Waals surface area contributed by atoms with Crippen molar-refractivity contribution in [2.24, 2.45) is 17.8 Å². The van der Waals surface area contributed by atoms with Gasteiger partial charge in [-0.25, -0.2) is 0 Å². The summed E-state index contributed by atoms with van der Waals surface area (Å²) in [5, 5.41) is 1.92. The largest absolute Gasteiger partial charge is 0.313 e. The van der Waals surface area contributed by atoms with Crippen LogP contribution in [0, 0.1) is 17.8 Å². The second kappa shape index (κ2) is 7.75. The number of hydrogen-bond donors (Lipinski definition) is 0. The van der Waals surface area contributed by atoms with Crippen LogP contribution in [0.5, 0.6) is 0 Å². The van der Waals surface area contributed by atoms with E-state index in [9.17, 15) is 4.57 Å². The molecular formula is C23H29OP. The average molecular weight is 352 g/mol. The molecule has 0 aromatic heterocycles. The molecule has 0 spiro atoms. The van der Waals surface area contributed by atoms with E-state index in [1.54, 1.807) is 0 Å². The second-order valence-corrected chi connectivity index (χ2v) is 10.6. The van der Waals surface area contributed by atoms with E-state index < -0.39 is 7.14 Å². The number of allylic oxidation sites excluding steroid dienone is 2. The van der Waals surface area contributed by atoms with Gasteiger partial charge in [0.25, 0.3) is 0 Å². The highest BCUT2D eigenvalue weighted by Crippen LogP contribution is 2.45. The van der Waals surface area contributed by atoms with Crippen LogP contribution in [0.1, 0.15) is 33.6 Å². The molecule has 132 valence electrons. The number of rotatable bonds is 4. The molecule has 0 unspecified atom stereocenters. The van der Waals surface area contributed by atoms with Gasteiger partial charge in [-0.3, -0.25) is 0 Å². The highest BCUT2D eigenvalue weighted by Gasteiger charge is 2.29. The summed E-state index contributed by atoms with van der Waals surface area (Å²) in [5.41, 5.74) is 1.49. The van der Waals surface area contributed by atoms with Crippen molar-refractivity contribution in [3.05, 3.63) is 72.3 Å². The molecule has 0 amide bonds. The Kier molecular flexibility index (Phi) is 5.64. The van der Waals surface area contributed by atoms with Crippen molar-refractivity contribution in [1.82, 2.24) is 0 Å². The van der Waals surface area contributed by atoms with Crippen molar-refractivity contribution < 1.29 is 4.57 Å². The zero-order valence-electron chi connectivity index (χ0n) is 15.6. The SMILES string of the molecule is CC1[C@H](C)CC(=CCP(=O)(c2ccccc2)c2ccccc2)C[C@H]1C. The molecule has 1 aliphatic rings. The maximum absolute atomic E-state index is 14.0. The lowest BCUT2D eigenvalue weighted by atomic mass is 9.72. The van der Waals surface area contributed by atoms with E-state index in [2.05, 4.69) is 26.8 Å². The summed E-state index contributed by atoms with van der Waals surface area (Å²) >= 11 is 0. The Balaban J connectivity index is 1.92. The average Bonchev–Trinajstić information content (AvgIpc) is 2.65. The third-order valence-electron chi connectivity index (χ3n) is 5.95. The van der Waals surface area contributed by atoms with Crippen molar-refractivity contribution in [1.29, 1.82) is 0 Å². The fraction of sp³-hybridized carbons (Fsp3) is 0.391. The molecular weight excluding hydrogens is 323 g/mol. The van der Waals surface area contributed by atoms with Crippen LogP contribution in [0.15, 0.2) is 72.3 Å². The van der Waals surface area contributed by atoms with E-state index in [0.717, 1.165) is 29.4 Å². The molecule has 1 saturated carbocycles. The predicted molar refractivity (Wildman–Crippen MR) is 109 cm³/mol. The molecule has 25 heavy (non-hydrogen) atoms. The Morgan fingerprint density at radius 2 is 1.28 bits per heavy atom. The fourth-order valence-electron chi connectivity index (χ4n) is 3.96. The summed E-state index contributed by atoms with van der Waals surface area (Å²) in [6.45, 7) is 7.06. The van der Waals surface area contributed by atoms with Crippen molar-refractivity contribution >= 4 is 17.8 Å². The number of benzene rings is 2. The smallest absolute Gasteiger partial charge is 0.146 e. The first kappa shape index (κ1) is 18.2. The topological polar surface area (TPSA) is 17.1 Å². The molecule has 1 fully saturated rings. The zero-order valence-corrected chi connectivity index (χ0v) is 16.5. The van der Waals surface area contributed by atoms with Gasteiger partial charge in [0.05, 0.1) is 0 Å². The fourth-order valence-corrected chi connectivity index (χ4v) is 6.51. The Hall–Kier alpha value is -1.59. The predicted octanol–water partition coefficient (Wildman–Crippen LogP) is 5.63. The monoisotopic (exact) mass is 352 g/mol. The molecule has 2 heteroatoms. The molecule has 1 aliphatic carbocycles. The Bertz CT molecular complexity index is 706. The minimum Gasteiger partial charge on any atom is -0.313 e. The highest BCUT2D eigenvalue weighted by atomic mass is 31.2. The first-order chi connectivity index (χ1) is 12.0. The van der Waals surface area contributed by atoms with Crippen molar-refractivity contribution in [2.45, 2.75) is 33.6 Å². The van der Waals surface area contributed by atoms with E-state index in [0.29, 0.717) is 18.0 Å². The van der Waals surface area contributed by atoms with E-state index in [-0.39, 0.29) is 0 Å². The van der Waals surface area contributed by atoms with Crippen LogP contribution in [0.3, 0.4) is 0 Å². The van der Waals surface area contributed by atoms with Gasteiger partial charge in [-0.1, -0.05) is 93.1 Å². The normalized spacial score (nSPS) is 24.1. The molecule has 2 aromatic carbocycles. The van der Waals surface area contributed by atoms with Crippen LogP contribution >= 0.6 is 7.14 Å². The van der Waals surface area contributed by atoms with Gasteiger partial charge in [-0.2, -0.15) is 0 Å². The van der Waals surface area contributed by atoms with Crippen LogP contribution in [0.2, 0.25) is 0 Å². The standard InChI is InChI=1S/C23H29OP/c1-18-16-21(17-19(2)20(18)3)14-15-25(24,22-10-6-4-7-11-22)23-12-8-5-9-13-23/h4-14,18-20H,15-17H2,1-3H3/t18-,19-,20?/m1/s1. The molecule has 0 aliphatic heterocycles. The van der Waals surface area contributed by atoms with E-state index >= 15 is 0 Å². The summed E-state index contributed by atoms with van der Waals surface area (Å²) in [7, 11) is -2.62. The van der Waals surface area contributed by atoms with Crippen LogP contribution in [-0.4, -0.2) is 6.16 Å². The third-order valence-corrected chi connectivity index (χ3v) is 8.91. The summed E-state index contributed by atoms with van der Waals surface area (Å²) in [6.07, 6.45) is 5.22. The second-order valence-electron chi connectivity index (χ2n) is 7.68. The summed E-state index contributed by atoms with van der Waals surface area (Å²) < 4.78 is 14.0. The lowest BCUT2D eigenvalue weighted by Crippen LogP contribution is -2.24. The van der Waals surface area contributed by atoms with Crippen LogP contribution in [0.25, 0.3) is 0 Å². The van der Waals surface area contributed by atoms with Crippen molar-refractivity contribution in [2.75, 3.05) is 6.16 Å². The Morgan fingerprint density at radius 3 is 1.72 bits per heavy atom. The maximum Gasteiger partial charge on any atom is 0.146 e. The first-order valence-electron chi connectivity index (χ1n) is 9.39. The van der Waals surface area contributed by atoms with Crippen LogP contribution in [0.4, 0.5) is 0 Å². The van der Waals surface area contributed by atoms with Gasteiger partial charge in [-0.05, 0) is 30.6 Å². The van der Waals surface area contributed by atoms with E-state index in [4.69, 9.17) is 0 Å². The summed E-state index contributed by atoms with van der Waals surface area (Å²) in [4.78, 5) is 0. The molecule has 3 rings (SSSR count). The lowest BCUT2D eigenvalue weighted by Gasteiger charge is -2.34. The van der Waals surface area contributed by atoms with E-state index in [1.807, 2.05) is 60.7 Å². The van der Waals surface area contributed by atoms with Gasteiger partial charge in [0.2, 0.25) is 0 Å². The summed E-state index contributed by atoms with van der Waals surface area (Å²) in [6, 6.07) is 20.0. The molecule has 2 aromatic rings. The molecule has 2 atom stereocenters. The quantitative estimate of drug-likeness (QED) is 0.515. The molecule has 0 heterocycles. The first-order valence-corrected chi connectivity index (χ1v) is 11.3. The summed E-state index contributed by atoms with van der Waals surface area (Å²) in [5.74, 6) is 2.19. The Labute approximate surface area is 152 Å². The van der Waals surface area contributed by atoms with Gasteiger partial charge in [0.1, 0.15) is 7.14 Å². The van der Waals surface area contributed by atoms with Crippen LogP contribution < -0.4 is 10.6 Å². The van der Waals surface area contributed by atoms with Gasteiger partial charge in [0.15, 0.2) is 0 Å². The van der Waals surface area contributed by atoms with Gasteiger partial charge < -0.3 is 4.57 Å². The Morgan fingerprint density at radius 1 is 0.840 bits per heavy atom. The van der Waals surface area contributed by atoms with Gasteiger partial charge in [-0.15, -0.1) is 0 Å². The van der Waals surface area contributed by atoms with Crippen molar-refractivity contribution in [3.8, 4) is 0 Å². The van der Waals surface area contributed by atoms with Crippen molar-refractivity contribution in [3.63, 3.8) is 0 Å². The molecule has 0 saturated heterocycles. The highest BCUT2D eigenvalue weighted by molar-refractivity contribution is 7.78. The lowest BCUT2D eigenvalue weighted by molar-refractivity contribution is 0.237. The molecule has 0 radical (unpaired) electrons. The molecule has 1 nitrogen and oxygen atoms in total. The van der Waals surface area contributed by atoms with Crippen LogP contribution in [-0.2, 0) is 4.57 Å². The van der Waals surface area contributed by atoms with Gasteiger partial charge in [0, 0.05) is 16.8 Å². The minimum absolute atomic E-state index is 0.629. The maximum atomic E-state index is 14.0. The minimum atomic E-state index is -2.62. The van der Waals surface area contributed by atoms with E-state index in [1.165, 1.54) is 5.57 Å². The molecule has 0 bridgehead atoms. The zero-order chi connectivity index (χ0) is 17.9. The molecule has 0 N–H and O–H groups in total.